The maximum absolute atomic E-state index is 12.5. The molecule has 2 fully saturated rings. The topological polar surface area (TPSA) is 62.0 Å². The molecule has 1 aromatic heterocycles. The van der Waals surface area contributed by atoms with E-state index in [1.165, 1.54) is 5.56 Å². The van der Waals surface area contributed by atoms with E-state index in [1.54, 1.807) is 0 Å². The van der Waals surface area contributed by atoms with Gasteiger partial charge in [-0.2, -0.15) is 18.3 Å². The Balaban J connectivity index is 0.00000132. The van der Waals surface area contributed by atoms with Gasteiger partial charge in [-0.1, -0.05) is 19.9 Å². The lowest BCUT2D eigenvalue weighted by molar-refractivity contribution is -0.0347. The highest BCUT2D eigenvalue weighted by Gasteiger charge is 2.34. The number of piperidine rings is 1. The molecule has 5 nitrogen and oxygen atoms in total. The van der Waals surface area contributed by atoms with Crippen molar-refractivity contribution in [3.8, 4) is 0 Å². The third kappa shape index (κ3) is 7.10. The molecule has 1 aromatic carbocycles. The first-order chi connectivity index (χ1) is 15.0. The summed E-state index contributed by atoms with van der Waals surface area (Å²) in [5, 5.41) is 11.5. The molecule has 1 aliphatic carbocycles. The molecule has 1 aliphatic heterocycles. The van der Waals surface area contributed by atoms with Crippen LogP contribution in [-0.2, 0) is 4.74 Å². The standard InChI is InChI=1S/C20H27F3N4OS.C2H6/c21-20(22,23)29-27-19-7-8-24-10-16(19)12-28-17-4-1-13(2-5-17)14-3-6-18-15(9-14)11-25-26-18;1-2/h3,6,9,11,13,16-17,19,24,27H,1-2,4-5,7-8,10,12H2,(H,25,26);1-2H3. The Bertz CT molecular complexity index is 792. The summed E-state index contributed by atoms with van der Waals surface area (Å²) in [6.07, 6.45) is 6.85. The van der Waals surface area contributed by atoms with Crippen LogP contribution in [0.5, 0.6) is 0 Å². The van der Waals surface area contributed by atoms with Gasteiger partial charge in [0.25, 0.3) is 0 Å². The first-order valence-corrected chi connectivity index (χ1v) is 12.1. The van der Waals surface area contributed by atoms with E-state index in [9.17, 15) is 13.2 Å². The highest BCUT2D eigenvalue weighted by atomic mass is 32.2. The molecule has 0 radical (unpaired) electrons. The van der Waals surface area contributed by atoms with Crippen LogP contribution in [0, 0.1) is 5.92 Å². The molecular formula is C22H33F3N4OS. The summed E-state index contributed by atoms with van der Waals surface area (Å²) in [7, 11) is 0. The predicted molar refractivity (Wildman–Crippen MR) is 120 cm³/mol. The number of halogens is 3. The Morgan fingerprint density at radius 1 is 1.16 bits per heavy atom. The van der Waals surface area contributed by atoms with E-state index in [4.69, 9.17) is 4.74 Å². The fourth-order valence-corrected chi connectivity index (χ4v) is 5.03. The van der Waals surface area contributed by atoms with E-state index in [0.29, 0.717) is 25.5 Å². The number of H-pyrrole nitrogens is 1. The molecule has 2 aromatic rings. The largest absolute Gasteiger partial charge is 0.456 e. The van der Waals surface area contributed by atoms with Crippen LogP contribution < -0.4 is 10.0 Å². The molecular weight excluding hydrogens is 425 g/mol. The minimum absolute atomic E-state index is 0.0554. The molecule has 4 rings (SSSR count). The molecule has 31 heavy (non-hydrogen) atoms. The Morgan fingerprint density at radius 3 is 2.68 bits per heavy atom. The zero-order chi connectivity index (χ0) is 22.3. The zero-order valence-corrected chi connectivity index (χ0v) is 19.0. The van der Waals surface area contributed by atoms with Crippen LogP contribution in [0.1, 0.15) is 57.4 Å². The van der Waals surface area contributed by atoms with Crippen LogP contribution in [0.4, 0.5) is 13.2 Å². The van der Waals surface area contributed by atoms with E-state index in [-0.39, 0.29) is 30.0 Å². The number of hydrogen-bond acceptors (Lipinski definition) is 5. The van der Waals surface area contributed by atoms with Gasteiger partial charge in [0.1, 0.15) is 0 Å². The Labute approximate surface area is 186 Å². The van der Waals surface area contributed by atoms with Gasteiger partial charge in [0.05, 0.1) is 24.4 Å². The van der Waals surface area contributed by atoms with Gasteiger partial charge in [-0.05, 0) is 62.3 Å². The molecule has 174 valence electrons. The van der Waals surface area contributed by atoms with Crippen molar-refractivity contribution < 1.29 is 17.9 Å². The highest BCUT2D eigenvalue weighted by Crippen LogP contribution is 2.35. The van der Waals surface area contributed by atoms with Gasteiger partial charge in [-0.25, -0.2) is 0 Å². The summed E-state index contributed by atoms with van der Waals surface area (Å²) in [6, 6.07) is 6.30. The number of hydrogen-bond donors (Lipinski definition) is 3. The fourth-order valence-electron chi connectivity index (χ4n) is 4.43. The molecule has 0 spiro atoms. The minimum atomic E-state index is -4.26. The van der Waals surface area contributed by atoms with Crippen LogP contribution >= 0.6 is 11.9 Å². The van der Waals surface area contributed by atoms with E-state index in [2.05, 4.69) is 38.4 Å². The summed E-state index contributed by atoms with van der Waals surface area (Å²) in [6.45, 7) is 5.92. The molecule has 1 saturated carbocycles. The second-order valence-corrected chi connectivity index (χ2v) is 8.95. The monoisotopic (exact) mass is 458 g/mol. The van der Waals surface area contributed by atoms with Gasteiger partial charge in [0.15, 0.2) is 0 Å². The number of alkyl halides is 3. The summed E-state index contributed by atoms with van der Waals surface area (Å²) in [5.74, 6) is 0.586. The van der Waals surface area contributed by atoms with Gasteiger partial charge < -0.3 is 10.1 Å². The predicted octanol–water partition coefficient (Wildman–Crippen LogP) is 5.37. The van der Waals surface area contributed by atoms with Crippen molar-refractivity contribution in [2.45, 2.75) is 69.5 Å². The van der Waals surface area contributed by atoms with Crippen LogP contribution in [0.2, 0.25) is 0 Å². The number of ether oxygens (including phenoxy) is 1. The van der Waals surface area contributed by atoms with E-state index >= 15 is 0 Å². The maximum atomic E-state index is 12.5. The summed E-state index contributed by atoms with van der Waals surface area (Å²) in [4.78, 5) is 0. The number of fused-ring (bicyclic) bond motifs is 1. The van der Waals surface area contributed by atoms with Gasteiger partial charge in [-0.3, -0.25) is 9.82 Å². The van der Waals surface area contributed by atoms with Crippen LogP contribution in [0.3, 0.4) is 0 Å². The lowest BCUT2D eigenvalue weighted by atomic mass is 9.82. The van der Waals surface area contributed by atoms with Gasteiger partial charge in [0.2, 0.25) is 0 Å². The third-order valence-corrected chi connectivity index (χ3v) is 6.74. The molecule has 0 bridgehead atoms. The number of aromatic nitrogens is 2. The van der Waals surface area contributed by atoms with Crippen LogP contribution in [0.15, 0.2) is 24.4 Å². The van der Waals surface area contributed by atoms with Crippen molar-refractivity contribution in [1.82, 2.24) is 20.2 Å². The Morgan fingerprint density at radius 2 is 1.94 bits per heavy atom. The van der Waals surface area contributed by atoms with Gasteiger partial charge >= 0.3 is 5.51 Å². The lowest BCUT2D eigenvalue weighted by Crippen LogP contribution is -2.48. The number of nitrogens with zero attached hydrogens (tertiary/aromatic N) is 1. The molecule has 2 heterocycles. The van der Waals surface area contributed by atoms with Crippen molar-refractivity contribution in [2.75, 3.05) is 19.7 Å². The second kappa shape index (κ2) is 11.5. The Kier molecular flexibility index (Phi) is 9.06. The Hall–Kier alpha value is -1.29. The summed E-state index contributed by atoms with van der Waals surface area (Å²) < 4.78 is 46.3. The van der Waals surface area contributed by atoms with Gasteiger partial charge in [0, 0.05) is 35.8 Å². The number of benzene rings is 1. The molecule has 2 atom stereocenters. The van der Waals surface area contributed by atoms with Crippen molar-refractivity contribution in [3.05, 3.63) is 30.0 Å². The molecule has 9 heteroatoms. The van der Waals surface area contributed by atoms with Crippen molar-refractivity contribution >= 4 is 22.9 Å². The zero-order valence-electron chi connectivity index (χ0n) is 18.2. The molecule has 3 N–H and O–H groups in total. The van der Waals surface area contributed by atoms with Crippen LogP contribution in [-0.4, -0.2) is 47.5 Å². The number of rotatable bonds is 6. The average molecular weight is 459 g/mol. The fraction of sp³-hybridized carbons (Fsp3) is 0.682. The minimum Gasteiger partial charge on any atom is -0.378 e. The highest BCUT2D eigenvalue weighted by molar-refractivity contribution is 7.98. The molecule has 2 aliphatic rings. The first-order valence-electron chi connectivity index (χ1n) is 11.2. The van der Waals surface area contributed by atoms with E-state index in [0.717, 1.165) is 43.1 Å². The van der Waals surface area contributed by atoms with Crippen molar-refractivity contribution in [2.24, 2.45) is 5.92 Å². The lowest BCUT2D eigenvalue weighted by Gasteiger charge is -2.35. The van der Waals surface area contributed by atoms with Gasteiger partial charge in [-0.15, -0.1) is 0 Å². The quantitative estimate of drug-likeness (QED) is 0.508. The maximum Gasteiger partial charge on any atom is 0.456 e. The molecule has 1 saturated heterocycles. The number of aromatic amines is 1. The third-order valence-electron chi connectivity index (χ3n) is 6.09. The first kappa shape index (κ1) is 24.4. The second-order valence-electron chi connectivity index (χ2n) is 8.05. The smallest absolute Gasteiger partial charge is 0.378 e. The normalized spacial score (nSPS) is 27.0. The summed E-state index contributed by atoms with van der Waals surface area (Å²) in [5.41, 5.74) is -1.85. The van der Waals surface area contributed by atoms with Crippen molar-refractivity contribution in [1.29, 1.82) is 0 Å². The number of nitrogens with one attached hydrogen (secondary N) is 3. The SMILES string of the molecule is CC.FC(F)(F)SNC1CCNCC1COC1CCC(c2ccc3[nH]ncc3c2)CC1. The average Bonchev–Trinajstić information content (AvgIpc) is 3.26. The molecule has 0 amide bonds. The van der Waals surface area contributed by atoms with Crippen LogP contribution in [0.25, 0.3) is 10.9 Å². The van der Waals surface area contributed by atoms with Crippen molar-refractivity contribution in [3.63, 3.8) is 0 Å². The van der Waals surface area contributed by atoms with E-state index in [1.807, 2.05) is 20.0 Å². The molecule has 2 unspecified atom stereocenters. The van der Waals surface area contributed by atoms with E-state index < -0.39 is 5.51 Å². The summed E-state index contributed by atoms with van der Waals surface area (Å²) >= 11 is -0.135.